The summed E-state index contributed by atoms with van der Waals surface area (Å²) in [6.45, 7) is 9.92. The van der Waals surface area contributed by atoms with Crippen LogP contribution in [-0.2, 0) is 20.6 Å². The molecule has 0 aromatic carbocycles. The molecule has 0 aromatic rings. The summed E-state index contributed by atoms with van der Waals surface area (Å²) in [7, 11) is -9.74. The van der Waals surface area contributed by atoms with Crippen LogP contribution < -0.4 is 0 Å². The number of allylic oxidation sites excluding steroid dienone is 5. The van der Waals surface area contributed by atoms with Gasteiger partial charge in [0.2, 0.25) is 0 Å². The molecule has 1 saturated heterocycles. The van der Waals surface area contributed by atoms with E-state index >= 15 is 0 Å². The lowest BCUT2D eigenvalue weighted by atomic mass is 10.8. The van der Waals surface area contributed by atoms with Crippen molar-refractivity contribution < 1.29 is 20.6 Å². The molecule has 0 N–H and O–H groups in total. The van der Waals surface area contributed by atoms with E-state index in [1.54, 1.807) is 0 Å². The summed E-state index contributed by atoms with van der Waals surface area (Å²) in [5.74, 6) is 0. The summed E-state index contributed by atoms with van der Waals surface area (Å²) in [6.07, 6.45) is 9.96. The van der Waals surface area contributed by atoms with Crippen LogP contribution in [0.4, 0.5) is 0 Å². The van der Waals surface area contributed by atoms with Gasteiger partial charge >= 0.3 is 26.4 Å². The third-order valence-corrected chi connectivity index (χ3v) is 17.6. The number of hydrogen-bond donors (Lipinski definition) is 0. The molecule has 1 fully saturated rings. The predicted octanol–water partition coefficient (Wildman–Crippen LogP) is 1.76. The summed E-state index contributed by atoms with van der Waals surface area (Å²) >= 11 is 0. The van der Waals surface area contributed by atoms with Gasteiger partial charge in [0.05, 0.1) is 0 Å². The quantitative estimate of drug-likeness (QED) is 0.622. The molecule has 0 spiro atoms. The summed E-state index contributed by atoms with van der Waals surface area (Å²) in [5, 5.41) is 0. The van der Waals surface area contributed by atoms with Gasteiger partial charge in [0.1, 0.15) is 0 Å². The van der Waals surface area contributed by atoms with Crippen molar-refractivity contribution in [2.75, 3.05) is 0 Å². The second kappa shape index (κ2) is 12.1. The second-order valence-corrected chi connectivity index (χ2v) is 17.0. The lowest BCUT2D eigenvalue weighted by molar-refractivity contribution is 0.300. The maximum atomic E-state index is 6.72. The fourth-order valence-electron chi connectivity index (χ4n) is 2.40. The van der Waals surface area contributed by atoms with E-state index in [9.17, 15) is 0 Å². The van der Waals surface area contributed by atoms with Gasteiger partial charge in [0.15, 0.2) is 0 Å². The van der Waals surface area contributed by atoms with Crippen molar-refractivity contribution in [3.8, 4) is 0 Å². The summed E-state index contributed by atoms with van der Waals surface area (Å²) < 4.78 is 31.2. The first-order valence-electron chi connectivity index (χ1n) is 8.48. The van der Waals surface area contributed by atoms with Crippen molar-refractivity contribution >= 4 is 46.4 Å². The fourth-order valence-corrected chi connectivity index (χ4v) is 17.6. The Balaban J connectivity index is 3.41. The van der Waals surface area contributed by atoms with Crippen molar-refractivity contribution in [2.45, 2.75) is 34.6 Å². The summed E-state index contributed by atoms with van der Waals surface area (Å²) in [4.78, 5) is 0. The third kappa shape index (κ3) is 7.38. The van der Waals surface area contributed by atoms with Gasteiger partial charge in [-0.3, -0.25) is 0 Å². The molecule has 0 amide bonds. The van der Waals surface area contributed by atoms with Gasteiger partial charge in [0.25, 0.3) is 20.0 Å². The largest absolute Gasteiger partial charge is 0.425 e. The van der Waals surface area contributed by atoms with Crippen molar-refractivity contribution in [2.24, 2.45) is 0 Å². The average molecular weight is 431 g/mol. The average Bonchev–Trinajstić information content (AvgIpc) is 2.55. The van der Waals surface area contributed by atoms with E-state index in [2.05, 4.69) is 22.8 Å². The summed E-state index contributed by atoms with van der Waals surface area (Å²) in [6, 6.07) is 0. The highest BCUT2D eigenvalue weighted by molar-refractivity contribution is 6.94. The van der Waals surface area contributed by atoms with Gasteiger partial charge in [-0.25, -0.2) is 0 Å². The molecule has 1 atom stereocenters. The van der Waals surface area contributed by atoms with Gasteiger partial charge in [-0.15, -0.1) is 0 Å². The molecule has 1 rings (SSSR count). The van der Waals surface area contributed by atoms with Crippen LogP contribution in [0.25, 0.3) is 0 Å². The van der Waals surface area contributed by atoms with Crippen LogP contribution in [0.2, 0.25) is 0 Å². The molecule has 1 aliphatic heterocycles. The van der Waals surface area contributed by atoms with Crippen molar-refractivity contribution in [1.29, 1.82) is 0 Å². The van der Waals surface area contributed by atoms with Gasteiger partial charge in [-0.05, 0) is 57.4 Å². The second-order valence-electron chi connectivity index (χ2n) is 5.31. The molecule has 1 heterocycles. The van der Waals surface area contributed by atoms with Crippen LogP contribution in [0.3, 0.4) is 0 Å². The molecule has 0 saturated carbocycles. The molecule has 1 aliphatic rings. The molecule has 1 unspecified atom stereocenters. The predicted molar refractivity (Wildman–Crippen MR) is 115 cm³/mol. The molecular formula is C15H30O5Si5. The Hall–Kier alpha value is -0.416. The van der Waals surface area contributed by atoms with Crippen LogP contribution in [-0.4, -0.2) is 46.4 Å². The Labute approximate surface area is 160 Å². The Morgan fingerprint density at radius 2 is 1.28 bits per heavy atom. The third-order valence-electron chi connectivity index (χ3n) is 3.25. The molecule has 140 valence electrons. The van der Waals surface area contributed by atoms with Crippen molar-refractivity contribution in [1.82, 2.24) is 0 Å². The van der Waals surface area contributed by atoms with E-state index in [1.807, 2.05) is 70.7 Å². The Morgan fingerprint density at radius 1 is 0.720 bits per heavy atom. The van der Waals surface area contributed by atoms with Crippen LogP contribution >= 0.6 is 0 Å². The van der Waals surface area contributed by atoms with Crippen molar-refractivity contribution in [3.05, 3.63) is 58.9 Å². The monoisotopic (exact) mass is 430 g/mol. The van der Waals surface area contributed by atoms with Crippen molar-refractivity contribution in [3.63, 3.8) is 0 Å². The maximum Gasteiger partial charge on any atom is 0.374 e. The zero-order chi connectivity index (χ0) is 18.6. The molecule has 10 heteroatoms. The molecule has 0 aromatic heterocycles. The van der Waals surface area contributed by atoms with Gasteiger partial charge in [-0.1, -0.05) is 36.1 Å². The molecular weight excluding hydrogens is 401 g/mol. The molecule has 0 bridgehead atoms. The van der Waals surface area contributed by atoms with Crippen LogP contribution in [0.5, 0.6) is 0 Å². The van der Waals surface area contributed by atoms with E-state index in [1.165, 1.54) is 0 Å². The minimum Gasteiger partial charge on any atom is -0.425 e. The highest BCUT2D eigenvalue weighted by Crippen LogP contribution is 2.24. The Bertz CT molecular complexity index is 508. The lowest BCUT2D eigenvalue weighted by Gasteiger charge is -2.37. The first-order chi connectivity index (χ1) is 12.1. The molecule has 5 nitrogen and oxygen atoms in total. The van der Waals surface area contributed by atoms with Crippen LogP contribution in [0, 0.1) is 0 Å². The molecule has 25 heavy (non-hydrogen) atoms. The van der Waals surface area contributed by atoms with E-state index in [-0.39, 0.29) is 0 Å². The first kappa shape index (κ1) is 22.6. The highest BCUT2D eigenvalue weighted by Gasteiger charge is 2.45. The first-order valence-corrected chi connectivity index (χ1v) is 16.3. The van der Waals surface area contributed by atoms with Gasteiger partial charge in [-0.2, -0.15) is 0 Å². The zero-order valence-corrected chi connectivity index (χ0v) is 21.8. The lowest BCUT2D eigenvalue weighted by Crippen LogP contribution is -2.56. The Morgan fingerprint density at radius 3 is 1.80 bits per heavy atom. The highest BCUT2D eigenvalue weighted by atomic mass is 28.5. The normalized spacial score (nSPS) is 35.3. The topological polar surface area (TPSA) is 46.2 Å². The van der Waals surface area contributed by atoms with Crippen LogP contribution in [0.15, 0.2) is 58.9 Å². The SMILES string of the molecule is CC=C[SiH]1O[SiH2]O[SiH2]O[Si](C=CC)(C=CC)O[Si](C=CC)(C=CC)O1. The maximum absolute atomic E-state index is 6.72. The minimum absolute atomic E-state index is 1.09. The van der Waals surface area contributed by atoms with E-state index in [4.69, 9.17) is 20.6 Å². The Kier molecular flexibility index (Phi) is 10.9. The molecule has 0 radical (unpaired) electrons. The number of hydrogen-bond acceptors (Lipinski definition) is 5. The number of rotatable bonds is 5. The van der Waals surface area contributed by atoms with E-state index in [0.29, 0.717) is 0 Å². The smallest absolute Gasteiger partial charge is 0.374 e. The van der Waals surface area contributed by atoms with E-state index < -0.39 is 46.4 Å². The molecule has 0 aliphatic carbocycles. The summed E-state index contributed by atoms with van der Waals surface area (Å²) in [5.41, 5.74) is 10.3. The van der Waals surface area contributed by atoms with Crippen LogP contribution in [0.1, 0.15) is 34.6 Å². The standard InChI is InChI=1S/C15H30O5Si5/c1-6-11-23-17-21-16-22-18-24(12-7-2,13-8-3)20-25(19-23,14-9-4)15-10-5/h6-15,23H,21-22H2,1-5H3. The zero-order valence-electron chi connectivity index (χ0n) is 15.8. The minimum atomic E-state index is -2.78. The van der Waals surface area contributed by atoms with E-state index in [0.717, 1.165) is 0 Å². The van der Waals surface area contributed by atoms with Gasteiger partial charge < -0.3 is 20.6 Å². The fraction of sp³-hybridized carbons (Fsp3) is 0.333. The van der Waals surface area contributed by atoms with Gasteiger partial charge in [0, 0.05) is 0 Å².